The first-order valence-corrected chi connectivity index (χ1v) is 5.27. The number of aliphatic hydroxyl groups is 1. The molecule has 0 unspecified atom stereocenters. The van der Waals surface area contributed by atoms with Gasteiger partial charge in [0.05, 0.1) is 11.5 Å². The fourth-order valence-corrected chi connectivity index (χ4v) is 1.33. The van der Waals surface area contributed by atoms with E-state index in [-0.39, 0.29) is 11.3 Å². The number of nitrogens with one attached hydrogen (secondary N) is 1. The minimum absolute atomic E-state index is 0.0230. The van der Waals surface area contributed by atoms with E-state index in [1.807, 2.05) is 0 Å². The lowest BCUT2D eigenvalue weighted by molar-refractivity contribution is -0.385. The molecule has 0 bridgehead atoms. The number of carbonyl (C=O) groups is 2. The summed E-state index contributed by atoms with van der Waals surface area (Å²) in [4.78, 5) is 32.1. The van der Waals surface area contributed by atoms with Gasteiger partial charge in [0.2, 0.25) is 0 Å². The zero-order valence-corrected chi connectivity index (χ0v) is 9.99. The van der Waals surface area contributed by atoms with Crippen molar-refractivity contribution in [3.8, 4) is 0 Å². The van der Waals surface area contributed by atoms with Crippen LogP contribution in [0, 0.1) is 17.0 Å². The van der Waals surface area contributed by atoms with Gasteiger partial charge < -0.3 is 15.5 Å². The molecule has 8 heteroatoms. The molecule has 0 saturated carbocycles. The van der Waals surface area contributed by atoms with Crippen molar-refractivity contribution in [1.29, 1.82) is 0 Å². The molecule has 1 aromatic carbocycles. The van der Waals surface area contributed by atoms with Gasteiger partial charge in [-0.25, -0.2) is 4.79 Å². The molecular weight excluding hydrogens is 256 g/mol. The molecule has 0 heterocycles. The molecule has 0 aliphatic rings. The fraction of sp³-hybridized carbons (Fsp3) is 0.273. The molecule has 0 saturated heterocycles. The minimum atomic E-state index is -1.72. The average molecular weight is 268 g/mol. The Morgan fingerprint density at radius 2 is 2.11 bits per heavy atom. The first-order valence-electron chi connectivity index (χ1n) is 5.27. The lowest BCUT2D eigenvalue weighted by atomic mass is 10.1. The number of aliphatic carboxylic acids is 1. The van der Waals surface area contributed by atoms with Crippen molar-refractivity contribution in [1.82, 2.24) is 5.32 Å². The van der Waals surface area contributed by atoms with E-state index in [2.05, 4.69) is 5.32 Å². The predicted octanol–water partition coefficient (Wildman–Crippen LogP) is 0.0785. The van der Waals surface area contributed by atoms with Crippen molar-refractivity contribution < 1.29 is 24.7 Å². The van der Waals surface area contributed by atoms with Crippen LogP contribution in [0.5, 0.6) is 0 Å². The number of nitrogens with zero attached hydrogens (tertiary/aromatic N) is 1. The number of nitro groups is 1. The van der Waals surface area contributed by atoms with Crippen LogP contribution >= 0.6 is 0 Å². The van der Waals surface area contributed by atoms with E-state index < -0.39 is 29.4 Å². The summed E-state index contributed by atoms with van der Waals surface area (Å²) >= 11 is 0. The minimum Gasteiger partial charge on any atom is -0.479 e. The summed E-state index contributed by atoms with van der Waals surface area (Å²) in [6.45, 7) is 1.06. The Labute approximate surface area is 107 Å². The molecule has 0 aliphatic carbocycles. The van der Waals surface area contributed by atoms with Crippen LogP contribution in [0.2, 0.25) is 0 Å². The Kier molecular flexibility index (Phi) is 4.54. The molecule has 1 rings (SSSR count). The van der Waals surface area contributed by atoms with E-state index in [0.29, 0.717) is 5.56 Å². The second-order valence-corrected chi connectivity index (χ2v) is 3.82. The molecule has 102 valence electrons. The fourth-order valence-electron chi connectivity index (χ4n) is 1.33. The van der Waals surface area contributed by atoms with Crippen molar-refractivity contribution >= 4 is 17.6 Å². The molecule has 8 nitrogen and oxygen atoms in total. The summed E-state index contributed by atoms with van der Waals surface area (Å²) in [7, 11) is 0. The number of hydrogen-bond donors (Lipinski definition) is 3. The van der Waals surface area contributed by atoms with Gasteiger partial charge in [-0.2, -0.15) is 0 Å². The van der Waals surface area contributed by atoms with Crippen LogP contribution in [0.15, 0.2) is 18.2 Å². The van der Waals surface area contributed by atoms with E-state index in [4.69, 9.17) is 10.2 Å². The quantitative estimate of drug-likeness (QED) is 0.512. The second kappa shape index (κ2) is 5.91. The highest BCUT2D eigenvalue weighted by Gasteiger charge is 2.17. The lowest BCUT2D eigenvalue weighted by Gasteiger charge is -2.08. The van der Waals surface area contributed by atoms with Crippen molar-refractivity contribution in [2.24, 2.45) is 0 Å². The third-order valence-corrected chi connectivity index (χ3v) is 2.41. The third kappa shape index (κ3) is 3.75. The zero-order valence-electron chi connectivity index (χ0n) is 9.99. The Morgan fingerprint density at radius 1 is 1.47 bits per heavy atom. The number of aryl methyl sites for hydroxylation is 1. The number of nitro benzene ring substituents is 1. The Morgan fingerprint density at radius 3 is 2.63 bits per heavy atom. The molecule has 0 spiro atoms. The highest BCUT2D eigenvalue weighted by atomic mass is 16.6. The molecule has 0 aromatic heterocycles. The zero-order chi connectivity index (χ0) is 14.6. The Bertz CT molecular complexity index is 528. The first kappa shape index (κ1) is 14.6. The Hall–Kier alpha value is -2.48. The number of carboxylic acid groups (broad SMARTS) is 1. The van der Waals surface area contributed by atoms with Crippen LogP contribution in [0.25, 0.3) is 0 Å². The van der Waals surface area contributed by atoms with Gasteiger partial charge in [-0.15, -0.1) is 0 Å². The summed E-state index contributed by atoms with van der Waals surface area (Å²) in [5.41, 5.74) is 0.230. The van der Waals surface area contributed by atoms with Crippen LogP contribution in [-0.2, 0) is 4.79 Å². The summed E-state index contributed by atoms with van der Waals surface area (Å²) in [6.07, 6.45) is -1.72. The van der Waals surface area contributed by atoms with Crippen LogP contribution < -0.4 is 5.32 Å². The van der Waals surface area contributed by atoms with Crippen molar-refractivity contribution in [2.45, 2.75) is 13.0 Å². The van der Waals surface area contributed by atoms with E-state index >= 15 is 0 Å². The van der Waals surface area contributed by atoms with Crippen LogP contribution in [0.3, 0.4) is 0 Å². The molecular formula is C11H12N2O6. The second-order valence-electron chi connectivity index (χ2n) is 3.82. The van der Waals surface area contributed by atoms with Crippen LogP contribution in [0.1, 0.15) is 15.9 Å². The molecule has 0 fully saturated rings. The molecule has 19 heavy (non-hydrogen) atoms. The molecule has 1 atom stereocenters. The lowest BCUT2D eigenvalue weighted by Crippen LogP contribution is -2.36. The number of carboxylic acids is 1. The number of hydrogen-bond acceptors (Lipinski definition) is 5. The van der Waals surface area contributed by atoms with E-state index in [0.717, 1.165) is 6.07 Å². The normalized spacial score (nSPS) is 11.7. The van der Waals surface area contributed by atoms with E-state index in [1.54, 1.807) is 0 Å². The number of benzene rings is 1. The van der Waals surface area contributed by atoms with Gasteiger partial charge in [0.25, 0.3) is 11.6 Å². The number of carbonyl (C=O) groups excluding carboxylic acids is 1. The Balaban J connectivity index is 2.80. The predicted molar refractivity (Wildman–Crippen MR) is 63.8 cm³/mol. The van der Waals surface area contributed by atoms with Crippen molar-refractivity contribution in [2.75, 3.05) is 6.54 Å². The van der Waals surface area contributed by atoms with Crippen molar-refractivity contribution in [3.63, 3.8) is 0 Å². The van der Waals surface area contributed by atoms with Gasteiger partial charge in [0.15, 0.2) is 6.10 Å². The largest absolute Gasteiger partial charge is 0.479 e. The summed E-state index contributed by atoms with van der Waals surface area (Å²) < 4.78 is 0. The SMILES string of the molecule is Cc1ccc(C(=O)NC[C@H](O)C(=O)O)cc1[N+](=O)[O-]. The number of amides is 1. The van der Waals surface area contributed by atoms with Crippen molar-refractivity contribution in [3.05, 3.63) is 39.4 Å². The van der Waals surface area contributed by atoms with Gasteiger partial charge in [-0.05, 0) is 13.0 Å². The highest BCUT2D eigenvalue weighted by Crippen LogP contribution is 2.19. The number of aliphatic hydroxyl groups excluding tert-OH is 1. The smallest absolute Gasteiger partial charge is 0.334 e. The van der Waals surface area contributed by atoms with Gasteiger partial charge >= 0.3 is 5.97 Å². The molecule has 0 radical (unpaired) electrons. The van der Waals surface area contributed by atoms with E-state index in [9.17, 15) is 19.7 Å². The van der Waals surface area contributed by atoms with Crippen LogP contribution in [-0.4, -0.2) is 39.7 Å². The van der Waals surface area contributed by atoms with Gasteiger partial charge in [-0.3, -0.25) is 14.9 Å². The molecule has 1 aromatic rings. The molecule has 1 amide bonds. The first-order chi connectivity index (χ1) is 8.82. The average Bonchev–Trinajstić information content (AvgIpc) is 2.35. The third-order valence-electron chi connectivity index (χ3n) is 2.41. The summed E-state index contributed by atoms with van der Waals surface area (Å²) in [6, 6.07) is 3.89. The maximum Gasteiger partial charge on any atom is 0.334 e. The molecule has 0 aliphatic heterocycles. The highest BCUT2D eigenvalue weighted by molar-refractivity contribution is 5.95. The van der Waals surface area contributed by atoms with Gasteiger partial charge in [0, 0.05) is 17.2 Å². The van der Waals surface area contributed by atoms with Gasteiger partial charge in [0.1, 0.15) is 0 Å². The van der Waals surface area contributed by atoms with Crippen LogP contribution in [0.4, 0.5) is 5.69 Å². The topological polar surface area (TPSA) is 130 Å². The molecule has 3 N–H and O–H groups in total. The maximum absolute atomic E-state index is 11.6. The maximum atomic E-state index is 11.6. The summed E-state index contributed by atoms with van der Waals surface area (Å²) in [5, 5.41) is 30.3. The monoisotopic (exact) mass is 268 g/mol. The number of rotatable bonds is 5. The van der Waals surface area contributed by atoms with Gasteiger partial charge in [-0.1, -0.05) is 6.07 Å². The van der Waals surface area contributed by atoms with E-state index in [1.165, 1.54) is 19.1 Å². The standard InChI is InChI=1S/C11H12N2O6/c1-6-2-3-7(4-8(6)13(18)19)10(15)12-5-9(14)11(16)17/h2-4,9,14H,5H2,1H3,(H,12,15)(H,16,17)/t9-/m0/s1. The summed E-state index contributed by atoms with van der Waals surface area (Å²) in [5.74, 6) is -2.15.